The smallest absolute Gasteiger partial charge is 0.234 e. The molecule has 0 radical (unpaired) electrons. The largest absolute Gasteiger partial charge is 0.748 e. The van der Waals surface area contributed by atoms with E-state index in [1.165, 1.54) is 15.2 Å². The summed E-state index contributed by atoms with van der Waals surface area (Å²) in [7, 11) is -1.81. The van der Waals surface area contributed by atoms with Crippen molar-refractivity contribution in [2.75, 3.05) is 6.26 Å². The molecule has 2 aromatic rings. The molecule has 2 rings (SSSR count). The second-order valence-electron chi connectivity index (χ2n) is 3.35. The van der Waals surface area contributed by atoms with Crippen LogP contribution in [0.15, 0.2) is 24.3 Å². The van der Waals surface area contributed by atoms with E-state index in [2.05, 4.69) is 42.8 Å². The van der Waals surface area contributed by atoms with E-state index in [-0.39, 0.29) is 0 Å². The Morgan fingerprint density at radius 3 is 2.31 bits per heavy atom. The molecule has 0 bridgehead atoms. The van der Waals surface area contributed by atoms with E-state index in [0.29, 0.717) is 6.26 Å². The molecular formula is C10H13NO3S2. The summed E-state index contributed by atoms with van der Waals surface area (Å²) in [6, 6.07) is 8.47. The Morgan fingerprint density at radius 2 is 1.81 bits per heavy atom. The molecule has 0 N–H and O–H groups in total. The average molecular weight is 259 g/mol. The molecule has 0 fully saturated rings. The highest BCUT2D eigenvalue weighted by Gasteiger charge is 2.10. The van der Waals surface area contributed by atoms with Crippen molar-refractivity contribution >= 4 is 31.7 Å². The van der Waals surface area contributed by atoms with Crippen LogP contribution in [0.5, 0.6) is 0 Å². The van der Waals surface area contributed by atoms with Gasteiger partial charge in [0.05, 0.1) is 10.1 Å². The first-order chi connectivity index (χ1) is 7.29. The number of hydrogen-bond acceptors (Lipinski definition) is 4. The van der Waals surface area contributed by atoms with Gasteiger partial charge in [-0.1, -0.05) is 23.5 Å². The van der Waals surface area contributed by atoms with Crippen molar-refractivity contribution in [3.05, 3.63) is 29.3 Å². The van der Waals surface area contributed by atoms with Crippen LogP contribution in [0.2, 0.25) is 0 Å². The van der Waals surface area contributed by atoms with Gasteiger partial charge in [-0.2, -0.15) is 4.57 Å². The van der Waals surface area contributed by atoms with E-state index in [9.17, 15) is 0 Å². The fourth-order valence-electron chi connectivity index (χ4n) is 1.22. The van der Waals surface area contributed by atoms with Gasteiger partial charge in [0, 0.05) is 19.2 Å². The lowest BCUT2D eigenvalue weighted by atomic mass is 10.3. The monoisotopic (exact) mass is 259 g/mol. The molecule has 0 aliphatic carbocycles. The van der Waals surface area contributed by atoms with Crippen molar-refractivity contribution in [1.82, 2.24) is 0 Å². The number of aryl methyl sites for hydroxylation is 2. The zero-order chi connectivity index (χ0) is 12.3. The molecule has 0 aliphatic rings. The van der Waals surface area contributed by atoms with Crippen molar-refractivity contribution in [3.8, 4) is 0 Å². The quantitative estimate of drug-likeness (QED) is 0.527. The highest BCUT2D eigenvalue weighted by atomic mass is 32.2. The van der Waals surface area contributed by atoms with Gasteiger partial charge in [0.1, 0.15) is 11.7 Å². The fraction of sp³-hybridized carbons (Fsp3) is 0.300. The van der Waals surface area contributed by atoms with Crippen LogP contribution in [0, 0.1) is 6.92 Å². The summed E-state index contributed by atoms with van der Waals surface area (Å²) in [6.07, 6.45) is 0.604. The van der Waals surface area contributed by atoms with Gasteiger partial charge in [-0.15, -0.1) is 0 Å². The molecule has 0 unspecified atom stereocenters. The highest BCUT2D eigenvalue weighted by molar-refractivity contribution is 7.84. The molecular weight excluding hydrogens is 246 g/mol. The summed E-state index contributed by atoms with van der Waals surface area (Å²) in [5.74, 6) is 0. The van der Waals surface area contributed by atoms with Crippen LogP contribution in [-0.2, 0) is 17.2 Å². The van der Waals surface area contributed by atoms with Crippen molar-refractivity contribution in [2.45, 2.75) is 6.92 Å². The third-order valence-corrected chi connectivity index (χ3v) is 3.09. The van der Waals surface area contributed by atoms with E-state index >= 15 is 0 Å². The predicted octanol–water partition coefficient (Wildman–Crippen LogP) is 1.20. The average Bonchev–Trinajstić information content (AvgIpc) is 2.41. The highest BCUT2D eigenvalue weighted by Crippen LogP contribution is 2.17. The molecule has 0 atom stereocenters. The van der Waals surface area contributed by atoms with Crippen molar-refractivity contribution in [3.63, 3.8) is 0 Å². The number of hydrogen-bond donors (Lipinski definition) is 0. The van der Waals surface area contributed by atoms with Gasteiger partial charge in [-0.25, -0.2) is 8.42 Å². The Hall–Kier alpha value is -0.980. The molecule has 88 valence electrons. The van der Waals surface area contributed by atoms with E-state index in [4.69, 9.17) is 13.0 Å². The van der Waals surface area contributed by atoms with Crippen molar-refractivity contribution in [2.24, 2.45) is 7.05 Å². The lowest BCUT2D eigenvalue weighted by molar-refractivity contribution is -0.646. The van der Waals surface area contributed by atoms with Crippen LogP contribution >= 0.6 is 11.3 Å². The summed E-state index contributed by atoms with van der Waals surface area (Å²) < 4.78 is 30.8. The normalized spacial score (nSPS) is 11.0. The number of thiazole rings is 1. The number of aromatic nitrogens is 1. The molecule has 0 aliphatic heterocycles. The van der Waals surface area contributed by atoms with Gasteiger partial charge in [0.25, 0.3) is 0 Å². The summed E-state index contributed by atoms with van der Waals surface area (Å²) >= 11 is 1.84. The molecule has 0 saturated carbocycles. The lowest BCUT2D eigenvalue weighted by Crippen LogP contribution is -2.28. The molecule has 1 heterocycles. The molecule has 6 heteroatoms. The van der Waals surface area contributed by atoms with E-state index in [0.717, 1.165) is 0 Å². The van der Waals surface area contributed by atoms with Crippen LogP contribution < -0.4 is 4.57 Å². The first-order valence-corrected chi connectivity index (χ1v) is 7.17. The third kappa shape index (κ3) is 3.88. The van der Waals surface area contributed by atoms with Crippen LogP contribution in [0.4, 0.5) is 0 Å². The topological polar surface area (TPSA) is 61.1 Å². The lowest BCUT2D eigenvalue weighted by Gasteiger charge is -1.90. The number of nitrogens with zero attached hydrogens (tertiary/aromatic N) is 1. The third-order valence-electron chi connectivity index (χ3n) is 1.96. The van der Waals surface area contributed by atoms with Gasteiger partial charge >= 0.3 is 0 Å². The molecule has 1 aromatic heterocycles. The van der Waals surface area contributed by atoms with Crippen LogP contribution in [0.25, 0.3) is 10.2 Å². The fourth-order valence-corrected chi connectivity index (χ4v) is 2.23. The predicted molar refractivity (Wildman–Crippen MR) is 63.4 cm³/mol. The first-order valence-electron chi connectivity index (χ1n) is 4.54. The van der Waals surface area contributed by atoms with Crippen LogP contribution in [-0.4, -0.2) is 19.2 Å². The van der Waals surface area contributed by atoms with Gasteiger partial charge in [-0.05, 0) is 6.07 Å². The Morgan fingerprint density at radius 1 is 1.31 bits per heavy atom. The molecule has 1 aromatic carbocycles. The van der Waals surface area contributed by atoms with E-state index in [1.54, 1.807) is 0 Å². The summed E-state index contributed by atoms with van der Waals surface area (Å²) in [5.41, 5.74) is 1.33. The summed E-state index contributed by atoms with van der Waals surface area (Å²) in [5, 5.41) is 1.35. The van der Waals surface area contributed by atoms with E-state index < -0.39 is 10.1 Å². The minimum atomic E-state index is -3.92. The SMILES string of the molecule is CS(=O)(=O)[O-].Cc1sc2ccccc2[n+]1C. The summed E-state index contributed by atoms with van der Waals surface area (Å²) in [6.45, 7) is 2.14. The molecule has 0 saturated heterocycles. The van der Waals surface area contributed by atoms with Crippen molar-refractivity contribution < 1.29 is 17.5 Å². The zero-order valence-electron chi connectivity index (χ0n) is 9.30. The first kappa shape index (κ1) is 13.1. The van der Waals surface area contributed by atoms with Crippen molar-refractivity contribution in [1.29, 1.82) is 0 Å². The Bertz CT molecular complexity index is 579. The second-order valence-corrected chi connectivity index (χ2v) is 5.99. The second kappa shape index (κ2) is 4.90. The number of benzene rings is 1. The molecule has 0 spiro atoms. The number of fused-ring (bicyclic) bond motifs is 1. The maximum absolute atomic E-state index is 9.08. The maximum Gasteiger partial charge on any atom is 0.234 e. The zero-order valence-corrected chi connectivity index (χ0v) is 10.9. The maximum atomic E-state index is 9.08. The van der Waals surface area contributed by atoms with Gasteiger partial charge in [-0.3, -0.25) is 0 Å². The minimum absolute atomic E-state index is 0.604. The van der Waals surface area contributed by atoms with Gasteiger partial charge < -0.3 is 4.55 Å². The van der Waals surface area contributed by atoms with Crippen LogP contribution in [0.3, 0.4) is 0 Å². The van der Waals surface area contributed by atoms with E-state index in [1.807, 2.05) is 11.3 Å². The Kier molecular flexibility index (Phi) is 4.01. The minimum Gasteiger partial charge on any atom is -0.748 e. The van der Waals surface area contributed by atoms with Gasteiger partial charge in [0.2, 0.25) is 10.5 Å². The molecule has 4 nitrogen and oxygen atoms in total. The van der Waals surface area contributed by atoms with Gasteiger partial charge in [0.15, 0.2) is 0 Å². The number of para-hydroxylation sites is 1. The number of rotatable bonds is 0. The Balaban J connectivity index is 0.000000221. The standard InChI is InChI=1S/C9H10NS.CH4O3S/c1-7-10(2)8-5-3-4-6-9(8)11-7;1-5(2,3)4/h3-6H,1-2H3;1H3,(H,2,3,4)/q+1;/p-1. The summed E-state index contributed by atoms with van der Waals surface area (Å²) in [4.78, 5) is 0. The Labute approximate surface area is 98.9 Å². The molecule has 0 amide bonds. The van der Waals surface area contributed by atoms with Crippen LogP contribution in [0.1, 0.15) is 5.01 Å². The molecule has 16 heavy (non-hydrogen) atoms.